The van der Waals surface area contributed by atoms with Gasteiger partial charge in [0.25, 0.3) is 0 Å². The minimum Gasteiger partial charge on any atom is -0.481 e. The molecule has 0 spiro atoms. The van der Waals surface area contributed by atoms with E-state index in [0.29, 0.717) is 13.0 Å². The molecule has 4 nitrogen and oxygen atoms in total. The van der Waals surface area contributed by atoms with Gasteiger partial charge >= 0.3 is 5.97 Å². The lowest BCUT2D eigenvalue weighted by Gasteiger charge is -2.19. The van der Waals surface area contributed by atoms with Crippen LogP contribution >= 0.6 is 0 Å². The highest BCUT2D eigenvalue weighted by Crippen LogP contribution is 2.18. The summed E-state index contributed by atoms with van der Waals surface area (Å²) in [7, 11) is 0. The third kappa shape index (κ3) is 8.26. The molecule has 0 aliphatic heterocycles. The van der Waals surface area contributed by atoms with Gasteiger partial charge in [0.2, 0.25) is 5.91 Å². The second-order valence-electron chi connectivity index (χ2n) is 5.41. The number of hydrogen-bond acceptors (Lipinski definition) is 2. The predicted octanol–water partition coefficient (Wildman–Crippen LogP) is 2.04. The van der Waals surface area contributed by atoms with Crippen molar-refractivity contribution in [1.29, 1.82) is 0 Å². The highest BCUT2D eigenvalue weighted by atomic mass is 16.4. The van der Waals surface area contributed by atoms with Crippen LogP contribution in [0.3, 0.4) is 0 Å². The van der Waals surface area contributed by atoms with Gasteiger partial charge in [0.15, 0.2) is 0 Å². The zero-order valence-electron chi connectivity index (χ0n) is 10.7. The van der Waals surface area contributed by atoms with Crippen LogP contribution in [0, 0.1) is 11.3 Å². The second-order valence-corrected chi connectivity index (χ2v) is 5.41. The average molecular weight is 229 g/mol. The summed E-state index contributed by atoms with van der Waals surface area (Å²) in [4.78, 5) is 22.0. The molecule has 0 aromatic heterocycles. The van der Waals surface area contributed by atoms with Crippen molar-refractivity contribution < 1.29 is 14.7 Å². The van der Waals surface area contributed by atoms with Gasteiger partial charge in [-0.3, -0.25) is 9.59 Å². The number of carboxylic acid groups (broad SMARTS) is 1. The molecule has 4 heteroatoms. The van der Waals surface area contributed by atoms with Gasteiger partial charge in [0, 0.05) is 19.4 Å². The number of aliphatic carboxylic acids is 1. The van der Waals surface area contributed by atoms with Crippen LogP contribution in [0.5, 0.6) is 0 Å². The molecule has 0 heterocycles. The van der Waals surface area contributed by atoms with E-state index in [-0.39, 0.29) is 23.7 Å². The summed E-state index contributed by atoms with van der Waals surface area (Å²) >= 11 is 0. The van der Waals surface area contributed by atoms with E-state index in [2.05, 4.69) is 5.32 Å². The lowest BCUT2D eigenvalue weighted by molar-refractivity contribution is -0.138. The SMILES string of the molecule is CCC(CNC(=O)CC(C)(C)C)CC(=O)O. The number of carbonyl (C=O) groups is 2. The van der Waals surface area contributed by atoms with Crippen molar-refractivity contribution >= 4 is 11.9 Å². The highest BCUT2D eigenvalue weighted by Gasteiger charge is 2.17. The van der Waals surface area contributed by atoms with Crippen LogP contribution < -0.4 is 5.32 Å². The minimum absolute atomic E-state index is 0.00339. The van der Waals surface area contributed by atoms with E-state index in [1.807, 2.05) is 27.7 Å². The van der Waals surface area contributed by atoms with Crippen LogP contribution in [0.15, 0.2) is 0 Å². The van der Waals surface area contributed by atoms with Crippen LogP contribution in [0.25, 0.3) is 0 Å². The maximum atomic E-state index is 11.5. The first-order valence-electron chi connectivity index (χ1n) is 5.73. The molecule has 0 saturated carbocycles. The Morgan fingerprint density at radius 2 is 1.88 bits per heavy atom. The first-order chi connectivity index (χ1) is 7.24. The number of hydrogen-bond donors (Lipinski definition) is 2. The molecule has 0 aliphatic rings. The van der Waals surface area contributed by atoms with Crippen LogP contribution in [-0.4, -0.2) is 23.5 Å². The molecule has 0 fully saturated rings. The van der Waals surface area contributed by atoms with Crippen LogP contribution in [0.2, 0.25) is 0 Å². The van der Waals surface area contributed by atoms with Crippen LogP contribution in [0.4, 0.5) is 0 Å². The second kappa shape index (κ2) is 6.51. The third-order valence-electron chi connectivity index (χ3n) is 2.32. The van der Waals surface area contributed by atoms with Crippen molar-refractivity contribution in [3.8, 4) is 0 Å². The van der Waals surface area contributed by atoms with E-state index in [9.17, 15) is 9.59 Å². The van der Waals surface area contributed by atoms with Crippen molar-refractivity contribution in [2.45, 2.75) is 47.0 Å². The third-order valence-corrected chi connectivity index (χ3v) is 2.32. The van der Waals surface area contributed by atoms with Gasteiger partial charge in [-0.2, -0.15) is 0 Å². The molecule has 1 atom stereocenters. The summed E-state index contributed by atoms with van der Waals surface area (Å²) in [6, 6.07) is 0. The molecule has 0 aromatic carbocycles. The quantitative estimate of drug-likeness (QED) is 0.732. The fourth-order valence-electron chi connectivity index (χ4n) is 1.41. The van der Waals surface area contributed by atoms with E-state index < -0.39 is 5.97 Å². The first-order valence-corrected chi connectivity index (χ1v) is 5.73. The van der Waals surface area contributed by atoms with Crippen molar-refractivity contribution in [1.82, 2.24) is 5.32 Å². The predicted molar refractivity (Wildman–Crippen MR) is 63.1 cm³/mol. The Morgan fingerprint density at radius 1 is 1.31 bits per heavy atom. The fraction of sp³-hybridized carbons (Fsp3) is 0.833. The Bertz CT molecular complexity index is 243. The molecule has 1 unspecified atom stereocenters. The number of nitrogens with one attached hydrogen (secondary N) is 1. The van der Waals surface area contributed by atoms with Gasteiger partial charge < -0.3 is 10.4 Å². The number of carboxylic acids is 1. The molecule has 0 bridgehead atoms. The van der Waals surface area contributed by atoms with Crippen LogP contribution in [0.1, 0.15) is 47.0 Å². The molecule has 94 valence electrons. The standard InChI is InChI=1S/C12H23NO3/c1-5-9(6-11(15)16)8-13-10(14)7-12(2,3)4/h9H,5-8H2,1-4H3,(H,13,14)(H,15,16). The van der Waals surface area contributed by atoms with Crippen molar-refractivity contribution in [3.63, 3.8) is 0 Å². The molecule has 0 radical (unpaired) electrons. The van der Waals surface area contributed by atoms with E-state index >= 15 is 0 Å². The lowest BCUT2D eigenvalue weighted by Crippen LogP contribution is -2.32. The largest absolute Gasteiger partial charge is 0.481 e. The van der Waals surface area contributed by atoms with Gasteiger partial charge in [-0.15, -0.1) is 0 Å². The van der Waals surface area contributed by atoms with Gasteiger partial charge in [0.1, 0.15) is 0 Å². The normalized spacial score (nSPS) is 13.2. The molecule has 0 rings (SSSR count). The molecular formula is C12H23NO3. The maximum absolute atomic E-state index is 11.5. The smallest absolute Gasteiger partial charge is 0.303 e. The van der Waals surface area contributed by atoms with Gasteiger partial charge in [-0.25, -0.2) is 0 Å². The summed E-state index contributed by atoms with van der Waals surface area (Å²) < 4.78 is 0. The summed E-state index contributed by atoms with van der Waals surface area (Å²) in [6.45, 7) is 8.39. The van der Waals surface area contributed by atoms with Crippen molar-refractivity contribution in [3.05, 3.63) is 0 Å². The van der Waals surface area contributed by atoms with E-state index in [4.69, 9.17) is 5.11 Å². The highest BCUT2D eigenvalue weighted by molar-refractivity contribution is 5.76. The Kier molecular flexibility index (Phi) is 6.08. The zero-order chi connectivity index (χ0) is 12.8. The number of amides is 1. The Hall–Kier alpha value is -1.06. The van der Waals surface area contributed by atoms with E-state index in [0.717, 1.165) is 6.42 Å². The number of carbonyl (C=O) groups excluding carboxylic acids is 1. The first kappa shape index (κ1) is 14.9. The molecular weight excluding hydrogens is 206 g/mol. The molecule has 16 heavy (non-hydrogen) atoms. The summed E-state index contributed by atoms with van der Waals surface area (Å²) in [5.74, 6) is -0.783. The van der Waals surface area contributed by atoms with Crippen LogP contribution in [-0.2, 0) is 9.59 Å². The fourth-order valence-corrected chi connectivity index (χ4v) is 1.41. The zero-order valence-corrected chi connectivity index (χ0v) is 10.7. The molecule has 0 saturated heterocycles. The average Bonchev–Trinajstić information content (AvgIpc) is 2.08. The molecule has 2 N–H and O–H groups in total. The molecule has 0 aliphatic carbocycles. The van der Waals surface area contributed by atoms with Crippen molar-refractivity contribution in [2.24, 2.45) is 11.3 Å². The lowest BCUT2D eigenvalue weighted by atomic mass is 9.92. The van der Waals surface area contributed by atoms with Crippen molar-refractivity contribution in [2.75, 3.05) is 6.54 Å². The topological polar surface area (TPSA) is 66.4 Å². The monoisotopic (exact) mass is 229 g/mol. The summed E-state index contributed by atoms with van der Waals surface area (Å²) in [5.41, 5.74) is -0.0292. The molecule has 0 aromatic rings. The molecule has 1 amide bonds. The summed E-state index contributed by atoms with van der Waals surface area (Å²) in [5, 5.41) is 11.4. The Morgan fingerprint density at radius 3 is 2.25 bits per heavy atom. The van der Waals surface area contributed by atoms with Gasteiger partial charge in [-0.1, -0.05) is 34.1 Å². The van der Waals surface area contributed by atoms with E-state index in [1.54, 1.807) is 0 Å². The minimum atomic E-state index is -0.808. The number of rotatable bonds is 6. The van der Waals surface area contributed by atoms with Gasteiger partial charge in [0.05, 0.1) is 0 Å². The Balaban J connectivity index is 3.93. The maximum Gasteiger partial charge on any atom is 0.303 e. The Labute approximate surface area is 97.4 Å². The van der Waals surface area contributed by atoms with E-state index in [1.165, 1.54) is 0 Å². The van der Waals surface area contributed by atoms with Gasteiger partial charge in [-0.05, 0) is 11.3 Å². The summed E-state index contributed by atoms with van der Waals surface area (Å²) in [6.07, 6.45) is 1.35.